The first-order valence-corrected chi connectivity index (χ1v) is 12.5. The summed E-state index contributed by atoms with van der Waals surface area (Å²) in [6.07, 6.45) is 0.123. The number of ether oxygens (including phenoxy) is 2. The first-order chi connectivity index (χ1) is 18.4. The number of esters is 1. The molecule has 3 N–H and O–H groups in total. The van der Waals surface area contributed by atoms with Crippen LogP contribution in [0.15, 0.2) is 69.3 Å². The lowest BCUT2D eigenvalue weighted by molar-refractivity contribution is -0.113. The van der Waals surface area contributed by atoms with E-state index in [9.17, 15) is 19.2 Å². The Morgan fingerprint density at radius 1 is 1.03 bits per heavy atom. The van der Waals surface area contributed by atoms with Gasteiger partial charge in [0.2, 0.25) is 5.91 Å². The Labute approximate surface area is 220 Å². The van der Waals surface area contributed by atoms with Crippen LogP contribution in [-0.4, -0.2) is 56.1 Å². The number of methoxy groups -OCH3 is 1. The summed E-state index contributed by atoms with van der Waals surface area (Å²) in [6.45, 7) is 2.01. The van der Waals surface area contributed by atoms with E-state index in [0.717, 1.165) is 11.8 Å². The Kier molecular flexibility index (Phi) is 8.38. The third kappa shape index (κ3) is 6.56. The molecule has 0 spiro atoms. The molecular weight excluding hydrogens is 512 g/mol. The van der Waals surface area contributed by atoms with Crippen molar-refractivity contribution in [1.29, 1.82) is 0 Å². The molecule has 0 bridgehead atoms. The molecule has 2 aromatic heterocycles. The van der Waals surface area contributed by atoms with Crippen LogP contribution in [0.2, 0.25) is 0 Å². The zero-order valence-corrected chi connectivity index (χ0v) is 21.3. The number of carbonyl (C=O) groups excluding carboxylic acids is 2. The normalized spacial score (nSPS) is 10.7. The van der Waals surface area contributed by atoms with Gasteiger partial charge in [0.1, 0.15) is 11.6 Å². The second kappa shape index (κ2) is 12.1. The molecular formula is C25H24N6O6S. The van der Waals surface area contributed by atoms with Crippen LogP contribution >= 0.6 is 11.8 Å². The minimum Gasteiger partial charge on any atom is -0.497 e. The molecule has 13 heteroatoms. The second-order valence-corrected chi connectivity index (χ2v) is 8.80. The highest BCUT2D eigenvalue weighted by Gasteiger charge is 2.17. The lowest BCUT2D eigenvalue weighted by atomic mass is 10.2. The first-order valence-electron chi connectivity index (χ1n) is 11.5. The standard InChI is InChI=1S/C25H24N6O6S/c1-3-37-23(34)15-4-6-16(7-5-15)26-22(33)14-38-25-30-29-20(12-17-13-21(32)28-24(35)27-17)31(25)18-8-10-19(36-2)11-9-18/h4-11,13H,3,12,14H2,1-2H3,(H,26,33)(H2,27,28,32,35). The van der Waals surface area contributed by atoms with Gasteiger partial charge in [-0.2, -0.15) is 0 Å². The maximum atomic E-state index is 12.6. The number of thioether (sulfide) groups is 1. The van der Waals surface area contributed by atoms with E-state index in [0.29, 0.717) is 39.4 Å². The molecule has 12 nitrogen and oxygen atoms in total. The molecule has 0 aliphatic heterocycles. The largest absolute Gasteiger partial charge is 0.497 e. The van der Waals surface area contributed by atoms with Crippen molar-refractivity contribution in [2.75, 3.05) is 24.8 Å². The zero-order chi connectivity index (χ0) is 27.1. The Bertz CT molecular complexity index is 1510. The molecule has 38 heavy (non-hydrogen) atoms. The van der Waals surface area contributed by atoms with Gasteiger partial charge < -0.3 is 19.8 Å². The smallest absolute Gasteiger partial charge is 0.338 e. The number of carbonyl (C=O) groups is 2. The summed E-state index contributed by atoms with van der Waals surface area (Å²) in [4.78, 5) is 52.6. The van der Waals surface area contributed by atoms with E-state index < -0.39 is 17.2 Å². The maximum Gasteiger partial charge on any atom is 0.338 e. The van der Waals surface area contributed by atoms with Gasteiger partial charge in [-0.25, -0.2) is 9.59 Å². The third-order valence-electron chi connectivity index (χ3n) is 5.21. The molecule has 4 aromatic rings. The van der Waals surface area contributed by atoms with Crippen molar-refractivity contribution in [2.24, 2.45) is 0 Å². The van der Waals surface area contributed by atoms with Gasteiger partial charge in [-0.15, -0.1) is 10.2 Å². The fourth-order valence-corrected chi connectivity index (χ4v) is 4.29. The zero-order valence-electron chi connectivity index (χ0n) is 20.5. The molecule has 0 saturated heterocycles. The van der Waals surface area contributed by atoms with Crippen molar-refractivity contribution < 1.29 is 19.1 Å². The van der Waals surface area contributed by atoms with E-state index in [1.165, 1.54) is 6.07 Å². The minimum atomic E-state index is -0.621. The topological polar surface area (TPSA) is 161 Å². The predicted octanol–water partition coefficient (Wildman–Crippen LogP) is 2.15. The molecule has 0 fully saturated rings. The van der Waals surface area contributed by atoms with Gasteiger partial charge in [0.25, 0.3) is 5.56 Å². The van der Waals surface area contributed by atoms with Crippen LogP contribution in [0, 0.1) is 0 Å². The van der Waals surface area contributed by atoms with E-state index in [2.05, 4.69) is 25.5 Å². The lowest BCUT2D eigenvalue weighted by Crippen LogP contribution is -2.23. The fraction of sp³-hybridized carbons (Fsp3) is 0.200. The number of rotatable bonds is 10. The molecule has 0 radical (unpaired) electrons. The van der Waals surface area contributed by atoms with E-state index in [1.807, 2.05) is 12.1 Å². The number of hydrogen-bond acceptors (Lipinski definition) is 9. The average molecular weight is 537 g/mol. The molecule has 0 unspecified atom stereocenters. The highest BCUT2D eigenvalue weighted by Crippen LogP contribution is 2.25. The van der Waals surface area contributed by atoms with Crippen molar-refractivity contribution in [3.8, 4) is 11.4 Å². The first kappa shape index (κ1) is 26.4. The molecule has 0 saturated carbocycles. The molecule has 4 rings (SSSR count). The third-order valence-corrected chi connectivity index (χ3v) is 6.14. The monoisotopic (exact) mass is 536 g/mol. The van der Waals surface area contributed by atoms with Crippen LogP contribution in [0.25, 0.3) is 5.69 Å². The van der Waals surface area contributed by atoms with E-state index in [-0.39, 0.29) is 24.7 Å². The van der Waals surface area contributed by atoms with E-state index in [1.54, 1.807) is 55.0 Å². The quantitative estimate of drug-likeness (QED) is 0.204. The number of H-pyrrole nitrogens is 2. The fourth-order valence-electron chi connectivity index (χ4n) is 3.52. The lowest BCUT2D eigenvalue weighted by Gasteiger charge is -2.11. The summed E-state index contributed by atoms with van der Waals surface area (Å²) in [7, 11) is 1.56. The van der Waals surface area contributed by atoms with Crippen molar-refractivity contribution in [3.63, 3.8) is 0 Å². The van der Waals surface area contributed by atoms with Crippen LogP contribution in [-0.2, 0) is 16.0 Å². The van der Waals surface area contributed by atoms with Crippen molar-refractivity contribution in [3.05, 3.63) is 92.5 Å². The number of hydrogen-bond donors (Lipinski definition) is 3. The van der Waals surface area contributed by atoms with Crippen molar-refractivity contribution in [1.82, 2.24) is 24.7 Å². The highest BCUT2D eigenvalue weighted by atomic mass is 32.2. The average Bonchev–Trinajstić information content (AvgIpc) is 3.29. The van der Waals surface area contributed by atoms with Crippen LogP contribution in [0.3, 0.4) is 0 Å². The summed E-state index contributed by atoms with van der Waals surface area (Å²) >= 11 is 1.16. The molecule has 196 valence electrons. The number of anilines is 1. The van der Waals surface area contributed by atoms with Crippen LogP contribution < -0.4 is 21.3 Å². The number of amides is 1. The van der Waals surface area contributed by atoms with Gasteiger partial charge in [0.15, 0.2) is 5.16 Å². The number of nitrogens with one attached hydrogen (secondary N) is 3. The molecule has 2 heterocycles. The predicted molar refractivity (Wildman–Crippen MR) is 140 cm³/mol. The molecule has 0 aliphatic rings. The Morgan fingerprint density at radius 3 is 2.42 bits per heavy atom. The van der Waals surface area contributed by atoms with Gasteiger partial charge in [0.05, 0.1) is 25.0 Å². The highest BCUT2D eigenvalue weighted by molar-refractivity contribution is 7.99. The number of aromatic amines is 2. The van der Waals surface area contributed by atoms with Gasteiger partial charge in [0, 0.05) is 29.6 Å². The van der Waals surface area contributed by atoms with Gasteiger partial charge in [-0.05, 0) is 55.5 Å². The van der Waals surface area contributed by atoms with Gasteiger partial charge in [-0.3, -0.25) is 19.1 Å². The Balaban J connectivity index is 1.52. The summed E-state index contributed by atoms with van der Waals surface area (Å²) in [5.74, 6) is 0.414. The SMILES string of the molecule is CCOC(=O)c1ccc(NC(=O)CSc2nnc(Cc3cc(=O)[nH]c(=O)[nH]3)n2-c2ccc(OC)cc2)cc1. The number of nitrogens with zero attached hydrogens (tertiary/aromatic N) is 3. The Morgan fingerprint density at radius 2 is 1.76 bits per heavy atom. The van der Waals surface area contributed by atoms with E-state index in [4.69, 9.17) is 9.47 Å². The summed E-state index contributed by atoms with van der Waals surface area (Å²) in [5, 5.41) is 11.7. The van der Waals surface area contributed by atoms with Crippen molar-refractivity contribution in [2.45, 2.75) is 18.5 Å². The number of benzene rings is 2. The summed E-state index contributed by atoms with van der Waals surface area (Å²) < 4.78 is 11.9. The van der Waals surface area contributed by atoms with Crippen LogP contribution in [0.4, 0.5) is 5.69 Å². The number of aromatic nitrogens is 5. The molecule has 2 aromatic carbocycles. The Hall–Kier alpha value is -4.65. The summed E-state index contributed by atoms with van der Waals surface area (Å²) in [6, 6.07) is 14.8. The van der Waals surface area contributed by atoms with Gasteiger partial charge in [-0.1, -0.05) is 11.8 Å². The van der Waals surface area contributed by atoms with Gasteiger partial charge >= 0.3 is 11.7 Å². The van der Waals surface area contributed by atoms with Crippen LogP contribution in [0.5, 0.6) is 5.75 Å². The summed E-state index contributed by atoms with van der Waals surface area (Å²) in [5.41, 5.74) is 0.836. The van der Waals surface area contributed by atoms with Crippen molar-refractivity contribution >= 4 is 29.3 Å². The van der Waals surface area contributed by atoms with Crippen LogP contribution in [0.1, 0.15) is 28.8 Å². The van der Waals surface area contributed by atoms with E-state index >= 15 is 0 Å². The molecule has 0 aliphatic carbocycles. The molecule has 1 amide bonds. The molecule has 0 atom stereocenters. The minimum absolute atomic E-state index is 0.0236. The second-order valence-electron chi connectivity index (χ2n) is 7.86. The maximum absolute atomic E-state index is 12.6.